The van der Waals surface area contributed by atoms with Crippen molar-refractivity contribution in [3.63, 3.8) is 0 Å². The minimum Gasteiger partial charge on any atom is -0.394 e. The number of rotatable bonds is 6. The van der Waals surface area contributed by atoms with E-state index in [9.17, 15) is 10.2 Å². The van der Waals surface area contributed by atoms with Crippen LogP contribution >= 0.6 is 0 Å². The molecule has 0 amide bonds. The lowest BCUT2D eigenvalue weighted by Gasteiger charge is -2.31. The van der Waals surface area contributed by atoms with E-state index in [1.165, 1.54) is 24.0 Å². The molecule has 0 saturated heterocycles. The molecule has 1 fully saturated rings. The van der Waals surface area contributed by atoms with Crippen LogP contribution < -0.4 is 10.2 Å². The first-order valence-electron chi connectivity index (χ1n) is 9.84. The number of fused-ring (bicyclic) bond motifs is 1. The molecule has 4 rings (SSSR count). The van der Waals surface area contributed by atoms with Crippen LogP contribution in [0.3, 0.4) is 0 Å². The van der Waals surface area contributed by atoms with Gasteiger partial charge in [0.1, 0.15) is 5.82 Å². The lowest BCUT2D eigenvalue weighted by atomic mass is 9.96. The summed E-state index contributed by atoms with van der Waals surface area (Å²) in [6.07, 6.45) is 2.89. The van der Waals surface area contributed by atoms with Gasteiger partial charge in [-0.05, 0) is 49.8 Å². The molecular formula is C21H28N4O2. The molecule has 27 heavy (non-hydrogen) atoms. The highest BCUT2D eigenvalue weighted by atomic mass is 16.3. The average molecular weight is 368 g/mol. The van der Waals surface area contributed by atoms with E-state index >= 15 is 0 Å². The number of aliphatic hydroxyl groups excluding tert-OH is 2. The molecule has 2 atom stereocenters. The SMILES string of the molecule is C[C@@H](CO)Nc1nc(C2CC2)cc(N2CCc3cc([C@@H](C)O)ccc3C2)n1. The van der Waals surface area contributed by atoms with Crippen LogP contribution in [0.1, 0.15) is 61.1 Å². The van der Waals surface area contributed by atoms with Crippen molar-refractivity contribution in [1.82, 2.24) is 9.97 Å². The van der Waals surface area contributed by atoms with Crippen molar-refractivity contribution < 1.29 is 10.2 Å². The molecule has 1 saturated carbocycles. The highest BCUT2D eigenvalue weighted by Gasteiger charge is 2.28. The maximum atomic E-state index is 9.81. The van der Waals surface area contributed by atoms with Crippen molar-refractivity contribution >= 4 is 11.8 Å². The van der Waals surface area contributed by atoms with Crippen molar-refractivity contribution in [2.45, 2.75) is 57.7 Å². The zero-order valence-electron chi connectivity index (χ0n) is 16.0. The van der Waals surface area contributed by atoms with Crippen LogP contribution in [0.5, 0.6) is 0 Å². The summed E-state index contributed by atoms with van der Waals surface area (Å²) in [4.78, 5) is 11.7. The Morgan fingerprint density at radius 1 is 1.19 bits per heavy atom. The number of hydrogen-bond donors (Lipinski definition) is 3. The van der Waals surface area contributed by atoms with Crippen LogP contribution in [0.15, 0.2) is 24.3 Å². The minimum absolute atomic E-state index is 0.0506. The van der Waals surface area contributed by atoms with Crippen molar-refractivity contribution in [3.05, 3.63) is 46.6 Å². The number of aliphatic hydroxyl groups is 2. The quantitative estimate of drug-likeness (QED) is 0.727. The summed E-state index contributed by atoms with van der Waals surface area (Å²) in [5.41, 5.74) is 4.68. The summed E-state index contributed by atoms with van der Waals surface area (Å²) < 4.78 is 0. The molecule has 0 unspecified atom stereocenters. The lowest BCUT2D eigenvalue weighted by molar-refractivity contribution is 0.199. The molecule has 2 aromatic rings. The van der Waals surface area contributed by atoms with Crippen LogP contribution in [-0.4, -0.2) is 39.4 Å². The predicted molar refractivity (Wildman–Crippen MR) is 106 cm³/mol. The molecule has 0 spiro atoms. The first-order valence-corrected chi connectivity index (χ1v) is 9.84. The molecular weight excluding hydrogens is 340 g/mol. The maximum Gasteiger partial charge on any atom is 0.225 e. The Morgan fingerprint density at radius 2 is 2.00 bits per heavy atom. The molecule has 6 nitrogen and oxygen atoms in total. The Bertz CT molecular complexity index is 820. The summed E-state index contributed by atoms with van der Waals surface area (Å²) in [6, 6.07) is 8.32. The summed E-state index contributed by atoms with van der Waals surface area (Å²) in [5, 5.41) is 22.4. The maximum absolute atomic E-state index is 9.81. The fraction of sp³-hybridized carbons (Fsp3) is 0.524. The minimum atomic E-state index is -0.432. The van der Waals surface area contributed by atoms with E-state index in [0.717, 1.165) is 36.6 Å². The van der Waals surface area contributed by atoms with Gasteiger partial charge in [0.2, 0.25) is 5.95 Å². The van der Waals surface area contributed by atoms with Crippen molar-refractivity contribution in [2.75, 3.05) is 23.4 Å². The highest BCUT2D eigenvalue weighted by Crippen LogP contribution is 2.40. The van der Waals surface area contributed by atoms with Crippen molar-refractivity contribution in [3.8, 4) is 0 Å². The van der Waals surface area contributed by atoms with Crippen molar-refractivity contribution in [2.24, 2.45) is 0 Å². The van der Waals surface area contributed by atoms with Crippen LogP contribution in [0.25, 0.3) is 0 Å². The van der Waals surface area contributed by atoms with Crippen molar-refractivity contribution in [1.29, 1.82) is 0 Å². The van der Waals surface area contributed by atoms with Crippen LogP contribution in [0, 0.1) is 0 Å². The van der Waals surface area contributed by atoms with Gasteiger partial charge in [0, 0.05) is 31.1 Å². The Kier molecular flexibility index (Phi) is 5.02. The van der Waals surface area contributed by atoms with Gasteiger partial charge in [0.25, 0.3) is 0 Å². The van der Waals surface area contributed by atoms with Gasteiger partial charge in [-0.1, -0.05) is 18.2 Å². The number of hydrogen-bond acceptors (Lipinski definition) is 6. The van der Waals surface area contributed by atoms with Gasteiger partial charge >= 0.3 is 0 Å². The van der Waals surface area contributed by atoms with E-state index in [-0.39, 0.29) is 12.6 Å². The monoisotopic (exact) mass is 368 g/mol. The molecule has 0 radical (unpaired) electrons. The third-order valence-electron chi connectivity index (χ3n) is 5.43. The van der Waals surface area contributed by atoms with E-state index in [0.29, 0.717) is 11.9 Å². The molecule has 1 aliphatic carbocycles. The van der Waals surface area contributed by atoms with E-state index in [1.807, 2.05) is 13.0 Å². The normalized spacial score (nSPS) is 18.7. The Morgan fingerprint density at radius 3 is 2.70 bits per heavy atom. The molecule has 6 heteroatoms. The largest absolute Gasteiger partial charge is 0.394 e. The topological polar surface area (TPSA) is 81.5 Å². The zero-order valence-corrected chi connectivity index (χ0v) is 16.0. The first-order chi connectivity index (χ1) is 13.0. The summed E-state index contributed by atoms with van der Waals surface area (Å²) in [7, 11) is 0. The standard InChI is InChI=1S/C21H28N4O2/c1-13(12-26)22-21-23-19(15-3-4-15)10-20(24-21)25-8-7-17-9-16(14(2)27)5-6-18(17)11-25/h5-6,9-10,13-15,26-27H,3-4,7-8,11-12H2,1-2H3,(H,22,23,24)/t13-,14+/m0/s1. The van der Waals surface area contributed by atoms with Gasteiger partial charge in [0.05, 0.1) is 18.4 Å². The molecule has 3 N–H and O–H groups in total. The summed E-state index contributed by atoms with van der Waals surface area (Å²) in [5.74, 6) is 2.10. The predicted octanol–water partition coefficient (Wildman–Crippen LogP) is 2.76. The fourth-order valence-electron chi connectivity index (χ4n) is 3.56. The molecule has 1 aromatic carbocycles. The van der Waals surface area contributed by atoms with E-state index in [2.05, 4.69) is 33.4 Å². The van der Waals surface area contributed by atoms with Crippen LogP contribution in [0.2, 0.25) is 0 Å². The highest BCUT2D eigenvalue weighted by molar-refractivity contribution is 5.50. The second-order valence-corrected chi connectivity index (χ2v) is 7.85. The third-order valence-corrected chi connectivity index (χ3v) is 5.43. The zero-order chi connectivity index (χ0) is 19.0. The number of anilines is 2. The third kappa shape index (κ3) is 4.06. The van der Waals surface area contributed by atoms with Gasteiger partial charge in [-0.25, -0.2) is 4.98 Å². The van der Waals surface area contributed by atoms with E-state index in [4.69, 9.17) is 4.98 Å². The second kappa shape index (κ2) is 7.44. The van der Waals surface area contributed by atoms with Gasteiger partial charge < -0.3 is 20.4 Å². The molecule has 2 heterocycles. The van der Waals surface area contributed by atoms with E-state index in [1.54, 1.807) is 6.92 Å². The number of nitrogens with one attached hydrogen (secondary N) is 1. The molecule has 2 aliphatic rings. The number of aromatic nitrogens is 2. The van der Waals surface area contributed by atoms with Crippen LogP contribution in [-0.2, 0) is 13.0 Å². The summed E-state index contributed by atoms with van der Waals surface area (Å²) >= 11 is 0. The molecule has 1 aromatic heterocycles. The van der Waals surface area contributed by atoms with E-state index < -0.39 is 6.10 Å². The molecule has 1 aliphatic heterocycles. The number of benzene rings is 1. The Hall–Kier alpha value is -2.18. The van der Waals surface area contributed by atoms with Gasteiger partial charge in [-0.2, -0.15) is 4.98 Å². The molecule has 0 bridgehead atoms. The average Bonchev–Trinajstić information content (AvgIpc) is 3.52. The van der Waals surface area contributed by atoms with Gasteiger partial charge in [-0.15, -0.1) is 0 Å². The second-order valence-electron chi connectivity index (χ2n) is 7.85. The molecule has 144 valence electrons. The smallest absolute Gasteiger partial charge is 0.225 e. The Labute approximate surface area is 160 Å². The lowest BCUT2D eigenvalue weighted by Crippen LogP contribution is -2.32. The number of nitrogens with zero attached hydrogens (tertiary/aromatic N) is 3. The van der Waals surface area contributed by atoms with Gasteiger partial charge in [-0.3, -0.25) is 0 Å². The Balaban J connectivity index is 1.59. The first kappa shape index (κ1) is 18.2. The fourth-order valence-corrected chi connectivity index (χ4v) is 3.56. The van der Waals surface area contributed by atoms with Gasteiger partial charge in [0.15, 0.2) is 0 Å². The van der Waals surface area contributed by atoms with Crippen LogP contribution in [0.4, 0.5) is 11.8 Å². The summed E-state index contributed by atoms with van der Waals surface area (Å²) in [6.45, 7) is 5.48.